The summed E-state index contributed by atoms with van der Waals surface area (Å²) in [5.74, 6) is 0.754. The summed E-state index contributed by atoms with van der Waals surface area (Å²) in [5.41, 5.74) is 4.18. The van der Waals surface area contributed by atoms with E-state index in [2.05, 4.69) is 9.97 Å². The van der Waals surface area contributed by atoms with Crippen molar-refractivity contribution in [2.24, 2.45) is 0 Å². The van der Waals surface area contributed by atoms with Crippen LogP contribution in [0, 0.1) is 0 Å². The second-order valence-electron chi connectivity index (χ2n) is 6.66. The summed E-state index contributed by atoms with van der Waals surface area (Å²) >= 11 is 7.71. The Hall–Kier alpha value is -2.11. The molecule has 2 heterocycles. The largest absolute Gasteiger partial charge is 0.349 e. The smallest absolute Gasteiger partial charge is 0.290 e. The summed E-state index contributed by atoms with van der Waals surface area (Å²) in [4.78, 5) is 21.6. The summed E-state index contributed by atoms with van der Waals surface area (Å²) in [7, 11) is 0. The minimum absolute atomic E-state index is 0.185. The Labute approximate surface area is 167 Å². The van der Waals surface area contributed by atoms with E-state index in [4.69, 9.17) is 11.6 Å². The van der Waals surface area contributed by atoms with Gasteiger partial charge in [0, 0.05) is 28.2 Å². The van der Waals surface area contributed by atoms with Crippen molar-refractivity contribution in [3.05, 3.63) is 86.7 Å². The predicted molar refractivity (Wildman–Crippen MR) is 109 cm³/mol. The van der Waals surface area contributed by atoms with Crippen LogP contribution in [0.5, 0.6) is 0 Å². The molecule has 0 N–H and O–H groups in total. The van der Waals surface area contributed by atoms with Crippen molar-refractivity contribution in [1.29, 1.82) is 0 Å². The molecular formula is C21H20ClN3OS. The van der Waals surface area contributed by atoms with E-state index in [1.165, 1.54) is 5.56 Å². The van der Waals surface area contributed by atoms with Crippen molar-refractivity contribution in [3.63, 3.8) is 0 Å². The van der Waals surface area contributed by atoms with Gasteiger partial charge >= 0.3 is 5.69 Å². The Morgan fingerprint density at radius 2 is 2.00 bits per heavy atom. The molecule has 0 saturated carbocycles. The molecule has 0 radical (unpaired) electrons. The maximum atomic E-state index is 12.8. The number of rotatable bonds is 5. The van der Waals surface area contributed by atoms with Gasteiger partial charge in [0.15, 0.2) is 0 Å². The second-order valence-corrected chi connectivity index (χ2v) is 8.06. The van der Waals surface area contributed by atoms with Gasteiger partial charge in [0.1, 0.15) is 5.03 Å². The first-order valence-electron chi connectivity index (χ1n) is 9.10. The van der Waals surface area contributed by atoms with Gasteiger partial charge in [-0.1, -0.05) is 29.8 Å². The Morgan fingerprint density at radius 3 is 2.81 bits per heavy atom. The van der Waals surface area contributed by atoms with E-state index < -0.39 is 0 Å². The molecule has 0 amide bonds. The topological polar surface area (TPSA) is 47.8 Å². The quantitative estimate of drug-likeness (QED) is 0.469. The number of nitrogens with zero attached hydrogens (tertiary/aromatic N) is 3. The van der Waals surface area contributed by atoms with Gasteiger partial charge in [-0.05, 0) is 55.5 Å². The number of aromatic nitrogens is 3. The van der Waals surface area contributed by atoms with Crippen LogP contribution in [0.15, 0.2) is 58.5 Å². The maximum absolute atomic E-state index is 12.8. The highest BCUT2D eigenvalue weighted by Gasteiger charge is 2.20. The third-order valence-electron chi connectivity index (χ3n) is 4.76. The monoisotopic (exact) mass is 397 g/mol. The van der Waals surface area contributed by atoms with Crippen LogP contribution in [0.4, 0.5) is 0 Å². The van der Waals surface area contributed by atoms with E-state index >= 15 is 0 Å². The molecule has 4 rings (SSSR count). The summed E-state index contributed by atoms with van der Waals surface area (Å²) in [6.45, 7) is 0.480. The van der Waals surface area contributed by atoms with E-state index in [1.54, 1.807) is 22.5 Å². The zero-order valence-electron chi connectivity index (χ0n) is 14.9. The Morgan fingerprint density at radius 1 is 1.11 bits per heavy atom. The molecule has 3 aromatic rings. The summed E-state index contributed by atoms with van der Waals surface area (Å²) in [6.07, 6.45) is 5.90. The van der Waals surface area contributed by atoms with Crippen LogP contribution in [0.25, 0.3) is 0 Å². The van der Waals surface area contributed by atoms with Crippen LogP contribution in [0.3, 0.4) is 0 Å². The normalized spacial score (nSPS) is 13.4. The van der Waals surface area contributed by atoms with E-state index in [1.807, 2.05) is 42.5 Å². The van der Waals surface area contributed by atoms with Crippen LogP contribution in [0.2, 0.25) is 5.02 Å². The van der Waals surface area contributed by atoms with Crippen LogP contribution >= 0.6 is 23.4 Å². The van der Waals surface area contributed by atoms with Gasteiger partial charge in [-0.25, -0.2) is 4.79 Å². The fraction of sp³-hybridized carbons (Fsp3) is 0.286. The molecule has 0 bridgehead atoms. The van der Waals surface area contributed by atoms with Crippen LogP contribution in [-0.4, -0.2) is 14.5 Å². The number of halogens is 1. The lowest BCUT2D eigenvalue weighted by molar-refractivity contribution is 0.565. The second kappa shape index (κ2) is 8.28. The van der Waals surface area contributed by atoms with Crippen LogP contribution < -0.4 is 5.69 Å². The van der Waals surface area contributed by atoms with E-state index in [0.717, 1.165) is 58.4 Å². The minimum atomic E-state index is -0.185. The first kappa shape index (κ1) is 18.3. The highest BCUT2D eigenvalue weighted by Crippen LogP contribution is 2.30. The Kier molecular flexibility index (Phi) is 5.60. The lowest BCUT2D eigenvalue weighted by Crippen LogP contribution is -2.30. The average molecular weight is 398 g/mol. The van der Waals surface area contributed by atoms with Crippen molar-refractivity contribution in [1.82, 2.24) is 14.5 Å². The predicted octanol–water partition coefficient (Wildman–Crippen LogP) is 4.51. The SMILES string of the molecule is O=c1nc(SCc2cccc(Cl)c2)c2c(n1Cc1ccccn1)CCCC2. The number of hydrogen-bond donors (Lipinski definition) is 0. The first-order chi connectivity index (χ1) is 13.2. The average Bonchev–Trinajstić information content (AvgIpc) is 2.70. The number of thioether (sulfide) groups is 1. The molecule has 1 aromatic carbocycles. The zero-order valence-corrected chi connectivity index (χ0v) is 16.5. The fourth-order valence-electron chi connectivity index (χ4n) is 3.46. The fourth-order valence-corrected chi connectivity index (χ4v) is 4.69. The van der Waals surface area contributed by atoms with Crippen LogP contribution in [0.1, 0.15) is 35.4 Å². The highest BCUT2D eigenvalue weighted by atomic mass is 35.5. The molecular weight excluding hydrogens is 378 g/mol. The zero-order chi connectivity index (χ0) is 18.6. The molecule has 2 aromatic heterocycles. The lowest BCUT2D eigenvalue weighted by Gasteiger charge is -2.22. The molecule has 6 heteroatoms. The minimum Gasteiger partial charge on any atom is -0.290 e. The van der Waals surface area contributed by atoms with E-state index in [0.29, 0.717) is 6.54 Å². The maximum Gasteiger partial charge on any atom is 0.349 e. The Bertz CT molecular complexity index is 1000. The third-order valence-corrected chi connectivity index (χ3v) is 6.09. The van der Waals surface area contributed by atoms with Gasteiger partial charge < -0.3 is 0 Å². The number of pyridine rings is 1. The third kappa shape index (κ3) is 4.25. The molecule has 0 unspecified atom stereocenters. The molecule has 1 aliphatic rings. The van der Waals surface area contributed by atoms with Gasteiger partial charge in [-0.15, -0.1) is 11.8 Å². The van der Waals surface area contributed by atoms with Crippen molar-refractivity contribution in [2.45, 2.75) is 43.0 Å². The van der Waals surface area contributed by atoms with Gasteiger partial charge in [0.25, 0.3) is 0 Å². The van der Waals surface area contributed by atoms with Gasteiger partial charge in [-0.3, -0.25) is 9.55 Å². The summed E-state index contributed by atoms with van der Waals surface area (Å²) < 4.78 is 1.81. The van der Waals surface area contributed by atoms with E-state index in [-0.39, 0.29) is 5.69 Å². The lowest BCUT2D eigenvalue weighted by atomic mass is 9.97. The summed E-state index contributed by atoms with van der Waals surface area (Å²) in [5, 5.41) is 1.60. The molecule has 0 fully saturated rings. The molecule has 27 heavy (non-hydrogen) atoms. The van der Waals surface area contributed by atoms with Gasteiger partial charge in [0.2, 0.25) is 0 Å². The molecule has 138 valence electrons. The molecule has 0 saturated heterocycles. The number of hydrogen-bond acceptors (Lipinski definition) is 4. The number of fused-ring (bicyclic) bond motifs is 1. The van der Waals surface area contributed by atoms with Crippen molar-refractivity contribution in [2.75, 3.05) is 0 Å². The van der Waals surface area contributed by atoms with Crippen LogP contribution in [-0.2, 0) is 25.1 Å². The van der Waals surface area contributed by atoms with E-state index in [9.17, 15) is 4.79 Å². The van der Waals surface area contributed by atoms with Crippen molar-refractivity contribution >= 4 is 23.4 Å². The molecule has 0 spiro atoms. The Balaban J connectivity index is 1.65. The first-order valence-corrected chi connectivity index (χ1v) is 10.5. The van der Waals surface area contributed by atoms with Gasteiger partial charge in [0.05, 0.1) is 12.2 Å². The number of benzene rings is 1. The standard InChI is InChI=1S/C21H20ClN3OS/c22-16-7-5-6-15(12-16)14-27-20-18-9-1-2-10-19(18)25(21(26)24-20)13-17-8-3-4-11-23-17/h3-8,11-12H,1-2,9-10,13-14H2. The molecule has 1 aliphatic carbocycles. The molecule has 0 atom stereocenters. The van der Waals surface area contributed by atoms with Crippen molar-refractivity contribution < 1.29 is 0 Å². The highest BCUT2D eigenvalue weighted by molar-refractivity contribution is 7.98. The molecule has 4 nitrogen and oxygen atoms in total. The summed E-state index contributed by atoms with van der Waals surface area (Å²) in [6, 6.07) is 13.6. The van der Waals surface area contributed by atoms with Crippen molar-refractivity contribution in [3.8, 4) is 0 Å². The molecule has 0 aliphatic heterocycles. The van der Waals surface area contributed by atoms with Gasteiger partial charge in [-0.2, -0.15) is 4.98 Å².